The number of carbonyl (C=O) groups excluding carboxylic acids is 1. The number of anilines is 1. The fraction of sp³-hybridized carbons (Fsp3) is 0.409. The molecule has 3 heterocycles. The Morgan fingerprint density at radius 3 is 3.00 bits per heavy atom. The van der Waals surface area contributed by atoms with E-state index < -0.39 is 0 Å². The molecular weight excluding hydrogens is 350 g/mol. The van der Waals surface area contributed by atoms with Gasteiger partial charge in [0.05, 0.1) is 17.3 Å². The van der Waals surface area contributed by atoms with Crippen LogP contribution in [0.1, 0.15) is 47.3 Å². The minimum absolute atomic E-state index is 0.00944. The Morgan fingerprint density at radius 2 is 2.11 bits per heavy atom. The smallest absolute Gasteiger partial charge is 0.253 e. The maximum atomic E-state index is 13.1. The molecule has 1 atom stereocenters. The lowest BCUT2D eigenvalue weighted by Gasteiger charge is -2.33. The van der Waals surface area contributed by atoms with Gasteiger partial charge in [-0.2, -0.15) is 0 Å². The Labute approximate surface area is 164 Å². The van der Waals surface area contributed by atoms with Crippen LogP contribution in [0.15, 0.2) is 36.8 Å². The molecule has 1 saturated heterocycles. The first kappa shape index (κ1) is 17.2. The molecule has 6 nitrogen and oxygen atoms in total. The van der Waals surface area contributed by atoms with E-state index in [9.17, 15) is 4.79 Å². The van der Waals surface area contributed by atoms with Gasteiger partial charge < -0.3 is 15.2 Å². The van der Waals surface area contributed by atoms with E-state index in [1.165, 1.54) is 29.5 Å². The highest BCUT2D eigenvalue weighted by molar-refractivity contribution is 6.07. The van der Waals surface area contributed by atoms with Crippen LogP contribution in [-0.4, -0.2) is 40.0 Å². The van der Waals surface area contributed by atoms with Gasteiger partial charge in [-0.1, -0.05) is 12.1 Å². The highest BCUT2D eigenvalue weighted by Crippen LogP contribution is 2.31. The number of nitrogens with one attached hydrogen (secondary N) is 2. The van der Waals surface area contributed by atoms with Gasteiger partial charge in [-0.3, -0.25) is 9.78 Å². The topological polar surface area (TPSA) is 73.9 Å². The van der Waals surface area contributed by atoms with Gasteiger partial charge in [-0.05, 0) is 50.2 Å². The van der Waals surface area contributed by atoms with Gasteiger partial charge in [0, 0.05) is 42.6 Å². The summed E-state index contributed by atoms with van der Waals surface area (Å²) < 4.78 is 0. The van der Waals surface area contributed by atoms with Crippen LogP contribution in [0.4, 0.5) is 5.82 Å². The molecule has 2 aliphatic rings. The van der Waals surface area contributed by atoms with Crippen LogP contribution in [0.3, 0.4) is 0 Å². The lowest BCUT2D eigenvalue weighted by atomic mass is 9.95. The predicted octanol–water partition coefficient (Wildman–Crippen LogP) is 3.24. The average Bonchev–Trinajstić information content (AvgIpc) is 3.13. The first-order chi connectivity index (χ1) is 13.8. The molecule has 144 valence electrons. The molecule has 1 amide bonds. The quantitative estimate of drug-likeness (QED) is 0.737. The highest BCUT2D eigenvalue weighted by Gasteiger charge is 2.24. The molecule has 0 radical (unpaired) electrons. The second kappa shape index (κ2) is 7.26. The number of hydrogen-bond acceptors (Lipinski definition) is 4. The first-order valence-electron chi connectivity index (χ1n) is 10.2. The van der Waals surface area contributed by atoms with Crippen LogP contribution >= 0.6 is 0 Å². The molecule has 1 aromatic carbocycles. The van der Waals surface area contributed by atoms with E-state index >= 15 is 0 Å². The summed E-state index contributed by atoms with van der Waals surface area (Å²) in [5.41, 5.74) is 4.47. The van der Waals surface area contributed by atoms with E-state index in [0.717, 1.165) is 55.7 Å². The van der Waals surface area contributed by atoms with Gasteiger partial charge in [0.15, 0.2) is 0 Å². The molecule has 28 heavy (non-hydrogen) atoms. The van der Waals surface area contributed by atoms with E-state index in [2.05, 4.69) is 31.2 Å². The van der Waals surface area contributed by atoms with E-state index in [4.69, 9.17) is 0 Å². The van der Waals surface area contributed by atoms with Crippen LogP contribution in [0.5, 0.6) is 0 Å². The zero-order chi connectivity index (χ0) is 18.9. The lowest BCUT2D eigenvalue weighted by Crippen LogP contribution is -2.48. The van der Waals surface area contributed by atoms with Crippen molar-refractivity contribution in [3.8, 4) is 0 Å². The Morgan fingerprint density at radius 1 is 1.18 bits per heavy atom. The van der Waals surface area contributed by atoms with E-state index in [1.807, 2.05) is 12.1 Å². The van der Waals surface area contributed by atoms with Crippen molar-refractivity contribution in [1.82, 2.24) is 20.3 Å². The Balaban J connectivity index is 1.36. The summed E-state index contributed by atoms with van der Waals surface area (Å²) in [4.78, 5) is 27.4. The van der Waals surface area contributed by atoms with Crippen LogP contribution in [0, 0.1) is 0 Å². The fourth-order valence-electron chi connectivity index (χ4n) is 4.64. The van der Waals surface area contributed by atoms with Crippen molar-refractivity contribution in [3.63, 3.8) is 0 Å². The predicted molar refractivity (Wildman–Crippen MR) is 110 cm³/mol. The number of benzene rings is 1. The Bertz CT molecular complexity index is 997. The van der Waals surface area contributed by atoms with Crippen molar-refractivity contribution in [3.05, 3.63) is 53.6 Å². The number of para-hydroxylation sites is 1. The molecule has 2 N–H and O–H groups in total. The Hall–Kier alpha value is -2.89. The third kappa shape index (κ3) is 3.13. The van der Waals surface area contributed by atoms with Crippen molar-refractivity contribution in [2.75, 3.05) is 18.0 Å². The monoisotopic (exact) mass is 375 g/mol. The number of amides is 1. The number of rotatable bonds is 3. The number of aromatic nitrogens is 3. The standard InChI is InChI=1S/C22H25N5O/c28-22(25-15-5-4-12-27(14-15)20-13-23-10-11-24-20)18-8-3-7-17-16-6-1-2-9-19(16)26-21(17)18/h3,7-8,10-11,13,15,26H,1-2,4-6,9,12,14H2,(H,25,28)/t15-/m1/s1. The van der Waals surface area contributed by atoms with Crippen molar-refractivity contribution in [2.24, 2.45) is 0 Å². The molecule has 1 fully saturated rings. The number of piperidine rings is 1. The zero-order valence-corrected chi connectivity index (χ0v) is 15.9. The summed E-state index contributed by atoms with van der Waals surface area (Å²) in [5, 5.41) is 4.47. The third-order valence-corrected chi connectivity index (χ3v) is 6.01. The Kier molecular flexibility index (Phi) is 4.47. The van der Waals surface area contributed by atoms with Gasteiger partial charge in [-0.15, -0.1) is 0 Å². The summed E-state index contributed by atoms with van der Waals surface area (Å²) in [7, 11) is 0. The van der Waals surface area contributed by atoms with Crippen molar-refractivity contribution in [2.45, 2.75) is 44.6 Å². The molecule has 0 bridgehead atoms. The number of aryl methyl sites for hydroxylation is 2. The molecule has 3 aromatic rings. The minimum Gasteiger partial charge on any atom is -0.358 e. The second-order valence-electron chi connectivity index (χ2n) is 7.84. The van der Waals surface area contributed by atoms with Crippen LogP contribution in [-0.2, 0) is 12.8 Å². The third-order valence-electron chi connectivity index (χ3n) is 6.01. The number of nitrogens with zero attached hydrogens (tertiary/aromatic N) is 3. The number of hydrogen-bond donors (Lipinski definition) is 2. The van der Waals surface area contributed by atoms with Crippen molar-refractivity contribution < 1.29 is 4.79 Å². The average molecular weight is 375 g/mol. The number of H-pyrrole nitrogens is 1. The summed E-state index contributed by atoms with van der Waals surface area (Å²) in [6.07, 6.45) is 11.8. The van der Waals surface area contributed by atoms with Gasteiger partial charge in [-0.25, -0.2) is 4.98 Å². The molecule has 0 saturated carbocycles. The SMILES string of the molecule is O=C(N[C@@H]1CCCN(c2cnccn2)C1)c1cccc2c3c([nH]c12)CCCC3. The summed E-state index contributed by atoms with van der Waals surface area (Å²) in [6.45, 7) is 1.71. The van der Waals surface area contributed by atoms with Gasteiger partial charge in [0.25, 0.3) is 5.91 Å². The largest absolute Gasteiger partial charge is 0.358 e. The van der Waals surface area contributed by atoms with Crippen LogP contribution in [0.2, 0.25) is 0 Å². The first-order valence-corrected chi connectivity index (χ1v) is 10.2. The molecule has 1 aliphatic carbocycles. The molecule has 5 rings (SSSR count). The molecule has 1 aliphatic heterocycles. The molecular formula is C22H25N5O. The number of carbonyl (C=O) groups is 1. The summed E-state index contributed by atoms with van der Waals surface area (Å²) in [6, 6.07) is 6.20. The maximum absolute atomic E-state index is 13.1. The highest BCUT2D eigenvalue weighted by atomic mass is 16.1. The van der Waals surface area contributed by atoms with Gasteiger partial charge in [0.2, 0.25) is 0 Å². The van der Waals surface area contributed by atoms with E-state index in [0.29, 0.717) is 0 Å². The van der Waals surface area contributed by atoms with Crippen molar-refractivity contribution >= 4 is 22.6 Å². The van der Waals surface area contributed by atoms with E-state index in [1.54, 1.807) is 18.6 Å². The van der Waals surface area contributed by atoms with Crippen LogP contribution in [0.25, 0.3) is 10.9 Å². The van der Waals surface area contributed by atoms with Crippen LogP contribution < -0.4 is 10.2 Å². The summed E-state index contributed by atoms with van der Waals surface area (Å²) >= 11 is 0. The maximum Gasteiger partial charge on any atom is 0.253 e. The zero-order valence-electron chi connectivity index (χ0n) is 15.9. The van der Waals surface area contributed by atoms with Gasteiger partial charge in [0.1, 0.15) is 5.82 Å². The van der Waals surface area contributed by atoms with Gasteiger partial charge >= 0.3 is 0 Å². The lowest BCUT2D eigenvalue weighted by molar-refractivity contribution is 0.0934. The number of aromatic amines is 1. The molecule has 0 spiro atoms. The molecule has 2 aromatic heterocycles. The van der Waals surface area contributed by atoms with Crippen molar-refractivity contribution in [1.29, 1.82) is 0 Å². The molecule has 0 unspecified atom stereocenters. The second-order valence-corrected chi connectivity index (χ2v) is 7.84. The molecule has 6 heteroatoms. The minimum atomic E-state index is 0.00944. The number of fused-ring (bicyclic) bond motifs is 3. The normalized spacial score (nSPS) is 19.4. The fourth-order valence-corrected chi connectivity index (χ4v) is 4.64. The summed E-state index contributed by atoms with van der Waals surface area (Å²) in [5.74, 6) is 0.885. The van der Waals surface area contributed by atoms with E-state index in [-0.39, 0.29) is 11.9 Å².